The number of aryl methyl sites for hydroxylation is 1. The molecule has 3 rings (SSSR count). The van der Waals surface area contributed by atoms with E-state index in [1.54, 1.807) is 17.8 Å². The number of pyridine rings is 1. The number of carbonyl (C=O) groups excluding carboxylic acids is 2. The third kappa shape index (κ3) is 5.00. The van der Waals surface area contributed by atoms with E-state index >= 15 is 0 Å². The molecule has 0 aliphatic carbocycles. The molecule has 3 aromatic rings. The van der Waals surface area contributed by atoms with Crippen LogP contribution in [0.5, 0.6) is 0 Å². The highest BCUT2D eigenvalue weighted by Gasteiger charge is 2.12. The van der Waals surface area contributed by atoms with Crippen LogP contribution < -0.4 is 5.32 Å². The maximum Gasteiger partial charge on any atom is 0.325 e. The van der Waals surface area contributed by atoms with Gasteiger partial charge in [0.1, 0.15) is 18.3 Å². The van der Waals surface area contributed by atoms with Crippen molar-refractivity contribution >= 4 is 57.5 Å². The van der Waals surface area contributed by atoms with Crippen molar-refractivity contribution in [3.05, 3.63) is 56.9 Å². The van der Waals surface area contributed by atoms with Crippen LogP contribution in [0, 0.1) is 6.92 Å². The minimum atomic E-state index is -0.537. The zero-order valence-electron chi connectivity index (χ0n) is 14.7. The number of amides is 1. The number of aromatic nitrogens is 1. The maximum atomic E-state index is 11.9. The molecule has 0 bridgehead atoms. The first-order chi connectivity index (χ1) is 13.0. The van der Waals surface area contributed by atoms with Crippen LogP contribution in [0.2, 0.25) is 5.15 Å². The van der Waals surface area contributed by atoms with E-state index in [0.29, 0.717) is 15.6 Å². The Bertz CT molecular complexity index is 1000. The summed E-state index contributed by atoms with van der Waals surface area (Å²) in [6.07, 6.45) is 2.00. The minimum absolute atomic E-state index is 0.00112. The van der Waals surface area contributed by atoms with Crippen molar-refractivity contribution in [2.24, 2.45) is 0 Å². The van der Waals surface area contributed by atoms with E-state index in [4.69, 9.17) is 16.3 Å². The summed E-state index contributed by atoms with van der Waals surface area (Å²) >= 11 is 9.22. The Morgan fingerprint density at radius 3 is 2.78 bits per heavy atom. The van der Waals surface area contributed by atoms with Crippen molar-refractivity contribution in [2.75, 3.05) is 12.8 Å². The third-order valence-corrected chi connectivity index (χ3v) is 5.85. The predicted molar refractivity (Wildman–Crippen MR) is 110 cm³/mol. The quantitative estimate of drug-likeness (QED) is 0.362. The summed E-state index contributed by atoms with van der Waals surface area (Å²) in [4.78, 5) is 30.9. The van der Waals surface area contributed by atoms with E-state index in [1.165, 1.54) is 11.3 Å². The van der Waals surface area contributed by atoms with Gasteiger partial charge in [-0.25, -0.2) is 4.98 Å². The zero-order valence-corrected chi connectivity index (χ0v) is 17.1. The van der Waals surface area contributed by atoms with Crippen LogP contribution in [0.4, 0.5) is 0 Å². The second-order valence-electron chi connectivity index (χ2n) is 5.75. The smallest absolute Gasteiger partial charge is 0.325 e. The fraction of sp³-hybridized carbons (Fsp3) is 0.211. The fourth-order valence-corrected chi connectivity index (χ4v) is 3.82. The SMILES string of the molecule is CSc1ccc2cc(COC(=O)CNC(=O)c3ccc(C)s3)c(Cl)nc2c1. The number of hydrogen-bond acceptors (Lipinski definition) is 6. The molecule has 0 unspecified atom stereocenters. The number of benzene rings is 1. The largest absolute Gasteiger partial charge is 0.459 e. The lowest BCUT2D eigenvalue weighted by atomic mass is 10.2. The molecule has 1 amide bonds. The van der Waals surface area contributed by atoms with Crippen LogP contribution in [-0.2, 0) is 16.1 Å². The average Bonchev–Trinajstić information content (AvgIpc) is 3.10. The Hall–Kier alpha value is -2.09. The Kier molecular flexibility index (Phi) is 6.36. The van der Waals surface area contributed by atoms with E-state index in [9.17, 15) is 9.59 Å². The molecule has 0 aliphatic rings. The van der Waals surface area contributed by atoms with Gasteiger partial charge in [0.25, 0.3) is 5.91 Å². The fourth-order valence-electron chi connectivity index (χ4n) is 2.40. The molecular formula is C19H17ClN2O3S2. The van der Waals surface area contributed by atoms with Crippen LogP contribution in [0.25, 0.3) is 10.9 Å². The Morgan fingerprint density at radius 2 is 2.07 bits per heavy atom. The van der Waals surface area contributed by atoms with Gasteiger partial charge in [-0.1, -0.05) is 17.7 Å². The number of nitrogens with zero attached hydrogens (tertiary/aromatic N) is 1. The topological polar surface area (TPSA) is 68.3 Å². The normalized spacial score (nSPS) is 10.8. The number of ether oxygens (including phenoxy) is 1. The van der Waals surface area contributed by atoms with Gasteiger partial charge in [0.05, 0.1) is 10.4 Å². The van der Waals surface area contributed by atoms with Gasteiger partial charge in [0.2, 0.25) is 0 Å². The summed E-state index contributed by atoms with van der Waals surface area (Å²) in [6, 6.07) is 11.4. The minimum Gasteiger partial charge on any atom is -0.459 e. The lowest BCUT2D eigenvalue weighted by Gasteiger charge is -2.09. The molecule has 0 saturated heterocycles. The van der Waals surface area contributed by atoms with Gasteiger partial charge in [-0.2, -0.15) is 0 Å². The van der Waals surface area contributed by atoms with Crippen LogP contribution in [0.3, 0.4) is 0 Å². The molecule has 1 aromatic carbocycles. The van der Waals surface area contributed by atoms with Crippen LogP contribution in [0.15, 0.2) is 41.3 Å². The number of thioether (sulfide) groups is 1. The van der Waals surface area contributed by atoms with E-state index in [2.05, 4.69) is 10.3 Å². The van der Waals surface area contributed by atoms with Crippen LogP contribution in [-0.4, -0.2) is 29.7 Å². The zero-order chi connectivity index (χ0) is 19.4. The number of thiophene rings is 1. The van der Waals surface area contributed by atoms with Gasteiger partial charge < -0.3 is 10.1 Å². The van der Waals surface area contributed by atoms with Crippen molar-refractivity contribution in [1.29, 1.82) is 0 Å². The summed E-state index contributed by atoms with van der Waals surface area (Å²) in [5.74, 6) is -0.828. The number of fused-ring (bicyclic) bond motifs is 1. The van der Waals surface area contributed by atoms with Gasteiger partial charge in [0.15, 0.2) is 0 Å². The van der Waals surface area contributed by atoms with Crippen LogP contribution in [0.1, 0.15) is 20.1 Å². The molecule has 0 fully saturated rings. The molecule has 2 heterocycles. The summed E-state index contributed by atoms with van der Waals surface area (Å²) in [5, 5.41) is 3.77. The molecule has 0 saturated carbocycles. The highest BCUT2D eigenvalue weighted by atomic mass is 35.5. The number of carbonyl (C=O) groups is 2. The van der Waals surface area contributed by atoms with E-state index < -0.39 is 5.97 Å². The second kappa shape index (κ2) is 8.73. The first kappa shape index (κ1) is 19.7. The number of halogens is 1. The summed E-state index contributed by atoms with van der Waals surface area (Å²) in [6.45, 7) is 1.71. The summed E-state index contributed by atoms with van der Waals surface area (Å²) in [7, 11) is 0. The molecule has 140 valence electrons. The predicted octanol–water partition coefficient (Wildman–Crippen LogP) is 4.45. The maximum absolute atomic E-state index is 11.9. The van der Waals surface area contributed by atoms with Crippen molar-refractivity contribution in [1.82, 2.24) is 10.3 Å². The first-order valence-electron chi connectivity index (χ1n) is 8.09. The van der Waals surface area contributed by atoms with Gasteiger partial charge >= 0.3 is 5.97 Å². The highest BCUT2D eigenvalue weighted by molar-refractivity contribution is 7.98. The van der Waals surface area contributed by atoms with Gasteiger partial charge in [-0.05, 0) is 43.5 Å². The monoisotopic (exact) mass is 420 g/mol. The molecule has 0 atom stereocenters. The van der Waals surface area contributed by atoms with E-state index in [1.807, 2.05) is 43.5 Å². The number of rotatable bonds is 6. The Balaban J connectivity index is 1.58. The lowest BCUT2D eigenvalue weighted by Crippen LogP contribution is -2.30. The molecule has 2 aromatic heterocycles. The molecule has 0 radical (unpaired) electrons. The number of nitrogens with one attached hydrogen (secondary N) is 1. The number of hydrogen-bond donors (Lipinski definition) is 1. The van der Waals surface area contributed by atoms with Crippen molar-refractivity contribution in [3.63, 3.8) is 0 Å². The first-order valence-corrected chi connectivity index (χ1v) is 10.5. The van der Waals surface area contributed by atoms with Gasteiger partial charge in [-0.3, -0.25) is 9.59 Å². The second-order valence-corrected chi connectivity index (χ2v) is 8.28. The van der Waals surface area contributed by atoms with E-state index in [0.717, 1.165) is 20.7 Å². The molecule has 27 heavy (non-hydrogen) atoms. The Labute approximate surface area is 170 Å². The molecule has 8 heteroatoms. The summed E-state index contributed by atoms with van der Waals surface area (Å²) in [5.41, 5.74) is 1.41. The van der Waals surface area contributed by atoms with Crippen molar-refractivity contribution < 1.29 is 14.3 Å². The van der Waals surface area contributed by atoms with Gasteiger partial charge in [-0.15, -0.1) is 23.1 Å². The highest BCUT2D eigenvalue weighted by Crippen LogP contribution is 2.25. The lowest BCUT2D eigenvalue weighted by molar-refractivity contribution is -0.143. The average molecular weight is 421 g/mol. The summed E-state index contributed by atoms with van der Waals surface area (Å²) < 4.78 is 5.22. The molecule has 0 aliphatic heterocycles. The van der Waals surface area contributed by atoms with Gasteiger partial charge in [0, 0.05) is 20.7 Å². The van der Waals surface area contributed by atoms with Crippen LogP contribution >= 0.6 is 34.7 Å². The molecule has 0 spiro atoms. The van der Waals surface area contributed by atoms with Crippen molar-refractivity contribution in [3.8, 4) is 0 Å². The van der Waals surface area contributed by atoms with Crippen molar-refractivity contribution in [2.45, 2.75) is 18.4 Å². The Morgan fingerprint density at radius 1 is 1.26 bits per heavy atom. The molecule has 5 nitrogen and oxygen atoms in total. The standard InChI is InChI=1S/C19H17ClN2O3S2/c1-11-3-6-16(27-11)19(24)21-9-17(23)25-10-13-7-12-4-5-14(26-2)8-15(12)22-18(13)20/h3-8H,9-10H2,1-2H3,(H,21,24). The molecule has 1 N–H and O–H groups in total. The third-order valence-electron chi connectivity index (χ3n) is 3.80. The molecular weight excluding hydrogens is 404 g/mol. The van der Waals surface area contributed by atoms with E-state index in [-0.39, 0.29) is 19.1 Å². The number of esters is 1.